The SMILES string of the molecule is Cc1ccn(CC(=O)Nc2nn(Cc3c(F)cccc3Cl)cc2Br)n1. The molecule has 0 unspecified atom stereocenters. The monoisotopic (exact) mass is 425 g/mol. The molecule has 25 heavy (non-hydrogen) atoms. The van der Waals surface area contributed by atoms with Crippen LogP contribution in [0.25, 0.3) is 0 Å². The van der Waals surface area contributed by atoms with E-state index in [4.69, 9.17) is 11.6 Å². The molecule has 0 aliphatic heterocycles. The van der Waals surface area contributed by atoms with Gasteiger partial charge in [0.2, 0.25) is 5.91 Å². The predicted octanol–water partition coefficient (Wildman–Crippen LogP) is 3.63. The van der Waals surface area contributed by atoms with Crippen LogP contribution in [0.1, 0.15) is 11.3 Å². The van der Waals surface area contributed by atoms with Crippen LogP contribution in [0.3, 0.4) is 0 Å². The molecule has 1 N–H and O–H groups in total. The van der Waals surface area contributed by atoms with Gasteiger partial charge >= 0.3 is 0 Å². The first-order valence-electron chi connectivity index (χ1n) is 7.38. The number of carbonyl (C=O) groups is 1. The number of nitrogens with zero attached hydrogens (tertiary/aromatic N) is 4. The van der Waals surface area contributed by atoms with Crippen LogP contribution in [0.4, 0.5) is 10.2 Å². The van der Waals surface area contributed by atoms with Gasteiger partial charge in [-0.15, -0.1) is 0 Å². The summed E-state index contributed by atoms with van der Waals surface area (Å²) >= 11 is 9.37. The Morgan fingerprint density at radius 1 is 1.32 bits per heavy atom. The van der Waals surface area contributed by atoms with Gasteiger partial charge in [0.15, 0.2) is 5.82 Å². The largest absolute Gasteiger partial charge is 0.307 e. The summed E-state index contributed by atoms with van der Waals surface area (Å²) in [6.07, 6.45) is 3.37. The van der Waals surface area contributed by atoms with Crippen molar-refractivity contribution in [3.63, 3.8) is 0 Å². The number of aryl methyl sites for hydroxylation is 1. The Hall–Kier alpha value is -2.19. The lowest BCUT2D eigenvalue weighted by atomic mass is 10.2. The number of benzene rings is 1. The number of halogens is 3. The van der Waals surface area contributed by atoms with E-state index in [-0.39, 0.29) is 19.0 Å². The topological polar surface area (TPSA) is 64.7 Å². The summed E-state index contributed by atoms with van der Waals surface area (Å²) in [6.45, 7) is 2.07. The molecule has 0 saturated heterocycles. The summed E-state index contributed by atoms with van der Waals surface area (Å²) in [7, 11) is 0. The van der Waals surface area contributed by atoms with Crippen molar-refractivity contribution in [2.24, 2.45) is 0 Å². The molecule has 0 spiro atoms. The first-order chi connectivity index (χ1) is 11.9. The predicted molar refractivity (Wildman–Crippen MR) is 96.0 cm³/mol. The maximum atomic E-state index is 13.9. The number of rotatable bonds is 5. The highest BCUT2D eigenvalue weighted by Crippen LogP contribution is 2.24. The van der Waals surface area contributed by atoms with E-state index < -0.39 is 5.82 Å². The van der Waals surface area contributed by atoms with Gasteiger partial charge < -0.3 is 5.32 Å². The number of hydrogen-bond acceptors (Lipinski definition) is 3. The van der Waals surface area contributed by atoms with Gasteiger partial charge in [-0.2, -0.15) is 10.2 Å². The van der Waals surface area contributed by atoms with Gasteiger partial charge in [0.05, 0.1) is 16.7 Å². The molecule has 130 valence electrons. The third-order valence-corrected chi connectivity index (χ3v) is 4.37. The summed E-state index contributed by atoms with van der Waals surface area (Å²) in [5.74, 6) is -0.321. The molecule has 3 aromatic rings. The molecule has 1 amide bonds. The molecule has 0 atom stereocenters. The van der Waals surface area contributed by atoms with Gasteiger partial charge in [-0.3, -0.25) is 14.2 Å². The van der Waals surface area contributed by atoms with Crippen LogP contribution < -0.4 is 5.32 Å². The number of anilines is 1. The van der Waals surface area contributed by atoms with Crippen LogP contribution in [-0.4, -0.2) is 25.5 Å². The van der Waals surface area contributed by atoms with Crippen LogP contribution in [0, 0.1) is 12.7 Å². The van der Waals surface area contributed by atoms with Gasteiger partial charge in [0, 0.05) is 23.0 Å². The zero-order chi connectivity index (χ0) is 18.0. The molecule has 9 heteroatoms. The quantitative estimate of drug-likeness (QED) is 0.677. The van der Waals surface area contributed by atoms with E-state index in [2.05, 4.69) is 31.4 Å². The minimum absolute atomic E-state index is 0.0757. The van der Waals surface area contributed by atoms with Crippen molar-refractivity contribution in [2.75, 3.05) is 5.32 Å². The first kappa shape index (κ1) is 17.6. The number of nitrogens with one attached hydrogen (secondary N) is 1. The third kappa shape index (κ3) is 4.26. The lowest BCUT2D eigenvalue weighted by molar-refractivity contribution is -0.116. The Morgan fingerprint density at radius 2 is 2.12 bits per heavy atom. The van der Waals surface area contributed by atoms with E-state index >= 15 is 0 Å². The third-order valence-electron chi connectivity index (χ3n) is 3.44. The minimum atomic E-state index is -0.404. The maximum absolute atomic E-state index is 13.9. The highest BCUT2D eigenvalue weighted by atomic mass is 79.9. The average Bonchev–Trinajstić information content (AvgIpc) is 3.09. The normalized spacial score (nSPS) is 10.9. The van der Waals surface area contributed by atoms with Crippen molar-refractivity contribution in [3.05, 3.63) is 63.2 Å². The second-order valence-electron chi connectivity index (χ2n) is 5.43. The number of amides is 1. The molecule has 0 saturated carbocycles. The molecule has 0 bridgehead atoms. The van der Waals surface area contributed by atoms with E-state index in [1.54, 1.807) is 24.5 Å². The number of hydrogen-bond donors (Lipinski definition) is 1. The van der Waals surface area contributed by atoms with Crippen molar-refractivity contribution >= 4 is 39.3 Å². The first-order valence-corrected chi connectivity index (χ1v) is 8.55. The summed E-state index contributed by atoms with van der Waals surface area (Å²) < 4.78 is 17.5. The molecular weight excluding hydrogens is 413 g/mol. The Kier molecular flexibility index (Phi) is 5.19. The van der Waals surface area contributed by atoms with Gasteiger partial charge in [-0.25, -0.2) is 4.39 Å². The van der Waals surface area contributed by atoms with E-state index in [0.717, 1.165) is 5.69 Å². The zero-order valence-corrected chi connectivity index (χ0v) is 15.6. The lowest BCUT2D eigenvalue weighted by Gasteiger charge is -2.06. The summed E-state index contributed by atoms with van der Waals surface area (Å²) in [5.41, 5.74) is 1.17. The summed E-state index contributed by atoms with van der Waals surface area (Å²) in [6, 6.07) is 6.32. The average molecular weight is 427 g/mol. The molecule has 2 aromatic heterocycles. The van der Waals surface area contributed by atoms with Crippen LogP contribution in [0.2, 0.25) is 5.02 Å². The van der Waals surface area contributed by atoms with E-state index in [1.165, 1.54) is 15.4 Å². The lowest BCUT2D eigenvalue weighted by Crippen LogP contribution is -2.19. The fourth-order valence-electron chi connectivity index (χ4n) is 2.28. The number of aromatic nitrogens is 4. The highest BCUT2D eigenvalue weighted by Gasteiger charge is 2.14. The molecule has 2 heterocycles. The summed E-state index contributed by atoms with van der Waals surface area (Å²) in [5, 5.41) is 11.4. The van der Waals surface area contributed by atoms with Crippen molar-refractivity contribution in [1.82, 2.24) is 19.6 Å². The van der Waals surface area contributed by atoms with E-state index in [0.29, 0.717) is 20.9 Å². The van der Waals surface area contributed by atoms with E-state index in [9.17, 15) is 9.18 Å². The van der Waals surface area contributed by atoms with Gasteiger partial charge in [0.25, 0.3) is 0 Å². The van der Waals surface area contributed by atoms with Crippen LogP contribution in [0.15, 0.2) is 41.1 Å². The highest BCUT2D eigenvalue weighted by molar-refractivity contribution is 9.10. The van der Waals surface area contributed by atoms with Gasteiger partial charge in [0.1, 0.15) is 12.4 Å². The molecule has 1 aromatic carbocycles. The van der Waals surface area contributed by atoms with Crippen molar-refractivity contribution in [1.29, 1.82) is 0 Å². The minimum Gasteiger partial charge on any atom is -0.307 e. The van der Waals surface area contributed by atoms with E-state index in [1.807, 2.05) is 13.0 Å². The Bertz CT molecular complexity index is 903. The number of carbonyl (C=O) groups excluding carboxylic acids is 1. The second kappa shape index (κ2) is 7.37. The fourth-order valence-corrected chi connectivity index (χ4v) is 2.92. The zero-order valence-electron chi connectivity index (χ0n) is 13.2. The molecular formula is C16H14BrClFN5O. The Labute approximate surface area is 156 Å². The summed E-state index contributed by atoms with van der Waals surface area (Å²) in [4.78, 5) is 12.1. The molecule has 0 aliphatic carbocycles. The maximum Gasteiger partial charge on any atom is 0.247 e. The Balaban J connectivity index is 1.71. The Morgan fingerprint density at radius 3 is 2.80 bits per heavy atom. The van der Waals surface area contributed by atoms with Crippen molar-refractivity contribution in [3.8, 4) is 0 Å². The van der Waals surface area contributed by atoms with Crippen LogP contribution in [-0.2, 0) is 17.9 Å². The van der Waals surface area contributed by atoms with Gasteiger partial charge in [-0.1, -0.05) is 17.7 Å². The fraction of sp³-hybridized carbons (Fsp3) is 0.188. The smallest absolute Gasteiger partial charge is 0.247 e. The molecule has 6 nitrogen and oxygen atoms in total. The molecule has 0 fully saturated rings. The molecule has 0 radical (unpaired) electrons. The second-order valence-corrected chi connectivity index (χ2v) is 6.69. The standard InChI is InChI=1S/C16H14BrClFN5O/c1-10-5-6-23(21-10)9-15(25)20-16-12(17)8-24(22-16)7-11-13(18)3-2-4-14(11)19/h2-6,8H,7,9H2,1H3,(H,20,22,25). The van der Waals surface area contributed by atoms with Gasteiger partial charge in [-0.05, 0) is 41.1 Å². The van der Waals surface area contributed by atoms with Crippen molar-refractivity contribution < 1.29 is 9.18 Å². The molecule has 0 aliphatic rings. The van der Waals surface area contributed by atoms with Crippen molar-refractivity contribution in [2.45, 2.75) is 20.0 Å². The van der Waals surface area contributed by atoms with Crippen LogP contribution in [0.5, 0.6) is 0 Å². The van der Waals surface area contributed by atoms with Crippen LogP contribution >= 0.6 is 27.5 Å². The molecule has 3 rings (SSSR count).